The summed E-state index contributed by atoms with van der Waals surface area (Å²) in [5, 5.41) is 7.85. The van der Waals surface area contributed by atoms with Crippen LogP contribution in [0.3, 0.4) is 0 Å². The number of halogens is 2. The lowest BCUT2D eigenvalue weighted by Gasteiger charge is -2.11. The smallest absolute Gasteiger partial charge is 0.337 e. The van der Waals surface area contributed by atoms with Crippen molar-refractivity contribution in [2.75, 3.05) is 14.2 Å². The summed E-state index contributed by atoms with van der Waals surface area (Å²) in [6.07, 6.45) is 0. The third-order valence-electron chi connectivity index (χ3n) is 5.91. The molecular weight excluding hydrogens is 511 g/mol. The Hall–Kier alpha value is -4.00. The van der Waals surface area contributed by atoms with E-state index in [1.165, 1.54) is 12.0 Å². The minimum atomic E-state index is -0.388. The predicted octanol–water partition coefficient (Wildman–Crippen LogP) is 7.10. The first-order valence-electron chi connectivity index (χ1n) is 11.4. The average molecular weight is 533 g/mol. The lowest BCUT2D eigenvalue weighted by molar-refractivity contribution is 0.0600. The van der Waals surface area contributed by atoms with Crippen LogP contribution in [0.5, 0.6) is 5.75 Å². The number of hydrogen-bond donors (Lipinski definition) is 0. The molecule has 0 bridgehead atoms. The molecule has 4 aromatic carbocycles. The Bertz CT molecular complexity index is 1580. The lowest BCUT2D eigenvalue weighted by atomic mass is 10.0. The van der Waals surface area contributed by atoms with E-state index in [1.54, 1.807) is 25.3 Å². The van der Waals surface area contributed by atoms with Gasteiger partial charge in [-0.3, -0.25) is 0 Å². The Morgan fingerprint density at radius 2 is 1.51 bits per heavy atom. The van der Waals surface area contributed by atoms with Crippen molar-refractivity contribution < 1.29 is 19.1 Å². The number of rotatable bonds is 7. The van der Waals surface area contributed by atoms with Crippen molar-refractivity contribution in [3.05, 3.63) is 106 Å². The largest absolute Gasteiger partial charge is 0.497 e. The van der Waals surface area contributed by atoms with Gasteiger partial charge in [0.1, 0.15) is 18.1 Å². The number of carbonyl (C=O) groups is 1. The molecule has 0 aliphatic heterocycles. The fourth-order valence-electron chi connectivity index (χ4n) is 4.00. The van der Waals surface area contributed by atoms with Gasteiger partial charge in [-0.15, -0.1) is 5.10 Å². The fourth-order valence-corrected chi connectivity index (χ4v) is 4.53. The standard InChI is InChI=1S/C29H22Cl2N2O4/c1-35-26-10-9-20-11-22(8-7-21(20)14-26)28-16-27(23-12-24(30)15-25(31)13-23)32-33(28)37-17-18-3-5-19(6-4-18)29(34)36-2/h3-16H,17H2,1-2H3. The maximum absolute atomic E-state index is 11.7. The molecule has 0 N–H and O–H groups in total. The number of hydrogen-bond acceptors (Lipinski definition) is 5. The number of ether oxygens (including phenoxy) is 2. The summed E-state index contributed by atoms with van der Waals surface area (Å²) >= 11 is 12.5. The van der Waals surface area contributed by atoms with Crippen LogP contribution in [0.4, 0.5) is 0 Å². The first kappa shape index (κ1) is 24.7. The van der Waals surface area contributed by atoms with Gasteiger partial charge in [0.15, 0.2) is 0 Å². The molecule has 8 heteroatoms. The van der Waals surface area contributed by atoms with Crippen molar-refractivity contribution in [3.8, 4) is 28.3 Å². The maximum atomic E-state index is 11.7. The molecule has 0 aliphatic rings. The molecular formula is C29H22Cl2N2O4. The SMILES string of the molecule is COC(=O)c1ccc(COn2nc(-c3cc(Cl)cc(Cl)c3)cc2-c2ccc3cc(OC)ccc3c2)cc1. The van der Waals surface area contributed by atoms with Crippen molar-refractivity contribution in [1.29, 1.82) is 0 Å². The number of benzene rings is 4. The molecule has 5 rings (SSSR count). The Kier molecular flexibility index (Phi) is 7.04. The summed E-state index contributed by atoms with van der Waals surface area (Å²) in [5.74, 6) is 0.410. The third-order valence-corrected chi connectivity index (χ3v) is 6.34. The van der Waals surface area contributed by atoms with Crippen LogP contribution < -0.4 is 9.57 Å². The molecule has 1 aromatic heterocycles. The van der Waals surface area contributed by atoms with E-state index in [4.69, 9.17) is 42.6 Å². The minimum Gasteiger partial charge on any atom is -0.497 e. The van der Waals surface area contributed by atoms with Gasteiger partial charge in [-0.2, -0.15) is 0 Å². The summed E-state index contributed by atoms with van der Waals surface area (Å²) in [6.45, 7) is 0.233. The number of aromatic nitrogens is 2. The van der Waals surface area contributed by atoms with Crippen LogP contribution in [0.15, 0.2) is 84.9 Å². The zero-order chi connectivity index (χ0) is 25.9. The zero-order valence-electron chi connectivity index (χ0n) is 20.1. The van der Waals surface area contributed by atoms with Gasteiger partial charge < -0.3 is 14.3 Å². The minimum absolute atomic E-state index is 0.233. The Balaban J connectivity index is 1.51. The molecule has 0 fully saturated rings. The highest BCUT2D eigenvalue weighted by atomic mass is 35.5. The summed E-state index contributed by atoms with van der Waals surface area (Å²) in [7, 11) is 3.00. The van der Waals surface area contributed by atoms with E-state index in [0.29, 0.717) is 21.3 Å². The van der Waals surface area contributed by atoms with Gasteiger partial charge in [-0.05, 0) is 70.9 Å². The molecule has 0 amide bonds. The van der Waals surface area contributed by atoms with E-state index in [2.05, 4.69) is 6.07 Å². The molecule has 0 radical (unpaired) electrons. The summed E-state index contributed by atoms with van der Waals surface area (Å²) in [6, 6.07) is 26.3. The van der Waals surface area contributed by atoms with Crippen LogP contribution >= 0.6 is 23.2 Å². The van der Waals surface area contributed by atoms with Crippen LogP contribution in [0.2, 0.25) is 10.0 Å². The van der Waals surface area contributed by atoms with Crippen LogP contribution in [0.1, 0.15) is 15.9 Å². The molecule has 0 saturated carbocycles. The van der Waals surface area contributed by atoms with E-state index in [9.17, 15) is 4.79 Å². The molecule has 0 spiro atoms. The van der Waals surface area contributed by atoms with Gasteiger partial charge in [-0.1, -0.05) is 58.4 Å². The summed E-state index contributed by atoms with van der Waals surface area (Å²) in [5.41, 5.74) is 4.45. The monoisotopic (exact) mass is 532 g/mol. The van der Waals surface area contributed by atoms with Gasteiger partial charge in [-0.25, -0.2) is 4.79 Å². The van der Waals surface area contributed by atoms with Gasteiger partial charge in [0.25, 0.3) is 0 Å². The highest BCUT2D eigenvalue weighted by Gasteiger charge is 2.15. The Labute approximate surface area is 223 Å². The van der Waals surface area contributed by atoms with Crippen LogP contribution in [0.25, 0.3) is 33.3 Å². The van der Waals surface area contributed by atoms with Crippen molar-refractivity contribution in [2.45, 2.75) is 6.61 Å². The van der Waals surface area contributed by atoms with Gasteiger partial charge in [0.2, 0.25) is 0 Å². The Morgan fingerprint density at radius 3 is 2.22 bits per heavy atom. The molecule has 6 nitrogen and oxygen atoms in total. The van der Waals surface area contributed by atoms with Crippen molar-refractivity contribution in [3.63, 3.8) is 0 Å². The number of esters is 1. The lowest BCUT2D eigenvalue weighted by Crippen LogP contribution is -2.14. The van der Waals surface area contributed by atoms with Crippen molar-refractivity contribution in [1.82, 2.24) is 9.94 Å². The average Bonchev–Trinajstić information content (AvgIpc) is 3.35. The molecule has 5 aromatic rings. The van der Waals surface area contributed by atoms with E-state index < -0.39 is 0 Å². The predicted molar refractivity (Wildman–Crippen MR) is 145 cm³/mol. The number of carbonyl (C=O) groups excluding carboxylic acids is 1. The normalized spacial score (nSPS) is 10.9. The number of fused-ring (bicyclic) bond motifs is 1. The van der Waals surface area contributed by atoms with Gasteiger partial charge in [0.05, 0.1) is 25.5 Å². The first-order valence-corrected chi connectivity index (χ1v) is 12.1. The molecule has 186 valence electrons. The fraction of sp³-hybridized carbons (Fsp3) is 0.103. The highest BCUT2D eigenvalue weighted by Crippen LogP contribution is 2.32. The number of methoxy groups -OCH3 is 2. The second kappa shape index (κ2) is 10.5. The summed E-state index contributed by atoms with van der Waals surface area (Å²) in [4.78, 5) is 19.3. The molecule has 1 heterocycles. The van der Waals surface area contributed by atoms with E-state index >= 15 is 0 Å². The van der Waals surface area contributed by atoms with Crippen LogP contribution in [-0.4, -0.2) is 30.1 Å². The second-order valence-corrected chi connectivity index (χ2v) is 9.21. The van der Waals surface area contributed by atoms with Crippen molar-refractivity contribution >= 4 is 39.9 Å². The molecule has 37 heavy (non-hydrogen) atoms. The maximum Gasteiger partial charge on any atom is 0.337 e. The zero-order valence-corrected chi connectivity index (χ0v) is 21.6. The summed E-state index contributed by atoms with van der Waals surface area (Å²) < 4.78 is 10.1. The van der Waals surface area contributed by atoms with Crippen LogP contribution in [-0.2, 0) is 11.3 Å². The molecule has 0 aliphatic carbocycles. The van der Waals surface area contributed by atoms with E-state index in [0.717, 1.165) is 38.9 Å². The van der Waals surface area contributed by atoms with E-state index in [-0.39, 0.29) is 12.6 Å². The topological polar surface area (TPSA) is 62.6 Å². The van der Waals surface area contributed by atoms with Gasteiger partial charge >= 0.3 is 5.97 Å². The Morgan fingerprint density at radius 1 is 0.811 bits per heavy atom. The quantitative estimate of drug-likeness (QED) is 0.209. The van der Waals surface area contributed by atoms with Crippen LogP contribution in [0, 0.1) is 0 Å². The van der Waals surface area contributed by atoms with E-state index in [1.807, 2.05) is 60.7 Å². The van der Waals surface area contributed by atoms with Gasteiger partial charge in [0, 0.05) is 21.2 Å². The third kappa shape index (κ3) is 5.40. The molecule has 0 saturated heterocycles. The first-order chi connectivity index (χ1) is 17.9. The highest BCUT2D eigenvalue weighted by molar-refractivity contribution is 6.35. The number of nitrogens with zero attached hydrogens (tertiary/aromatic N) is 2. The molecule has 0 atom stereocenters. The van der Waals surface area contributed by atoms with Crippen molar-refractivity contribution in [2.24, 2.45) is 0 Å². The second-order valence-electron chi connectivity index (χ2n) is 8.34. The molecule has 0 unspecified atom stereocenters.